The molecule has 0 aromatic rings. The predicted molar refractivity (Wildman–Crippen MR) is 142 cm³/mol. The average Bonchev–Trinajstić information content (AvgIpc) is 2.88. The molecule has 0 heterocycles. The Hall–Kier alpha value is -5.30. The van der Waals surface area contributed by atoms with Crippen molar-refractivity contribution < 1.29 is 73.5 Å². The van der Waals surface area contributed by atoms with Crippen molar-refractivity contribution in [3.05, 3.63) is 0 Å². The molecule has 0 aromatic heterocycles. The number of rotatable bonds is 22. The van der Waals surface area contributed by atoms with E-state index in [4.69, 9.17) is 10.2 Å². The molecule has 10 N–H and O–H groups in total. The van der Waals surface area contributed by atoms with E-state index < -0.39 is 103 Å². The lowest BCUT2D eigenvalue weighted by molar-refractivity contribution is -0.148. The van der Waals surface area contributed by atoms with Gasteiger partial charge in [0.25, 0.3) is 0 Å². The topological polar surface area (TPSA) is 332 Å². The van der Waals surface area contributed by atoms with Crippen molar-refractivity contribution >= 4 is 59.4 Å². The Kier molecular flexibility index (Phi) is 17.4. The standard InChI is InChI=1S/C24H35N5O15/c1-11(30)25-6-4-2-3-5-16(31)26-12(21(37)38)7-17(32)27-13(22(39)40)8-18(33)28-14(23(41)42)9-19(34)29-15(24(43)44)10-20(35)36/h12-15H,2-10H2,1H3,(H,25,30)(H,26,31)(H,27,32)(H,28,33)(H,29,34)(H,35,36)(H,37,38)(H,39,40)(H,41,42)(H,43,44). The number of aliphatic carboxylic acids is 5. The van der Waals surface area contributed by atoms with E-state index in [-0.39, 0.29) is 12.3 Å². The fraction of sp³-hybridized carbons (Fsp3) is 0.583. The second kappa shape index (κ2) is 19.8. The molecule has 5 amide bonds. The highest BCUT2D eigenvalue weighted by Crippen LogP contribution is 2.04. The van der Waals surface area contributed by atoms with Crippen LogP contribution in [-0.2, 0) is 47.9 Å². The van der Waals surface area contributed by atoms with Crippen molar-refractivity contribution in [2.45, 2.75) is 82.5 Å². The zero-order valence-corrected chi connectivity index (χ0v) is 23.5. The van der Waals surface area contributed by atoms with Crippen molar-refractivity contribution in [2.75, 3.05) is 6.54 Å². The monoisotopic (exact) mass is 633 g/mol. The number of carbonyl (C=O) groups is 10. The molecule has 0 radical (unpaired) electrons. The van der Waals surface area contributed by atoms with Crippen molar-refractivity contribution in [2.24, 2.45) is 0 Å². The van der Waals surface area contributed by atoms with Gasteiger partial charge in [-0.1, -0.05) is 6.42 Å². The van der Waals surface area contributed by atoms with Gasteiger partial charge in [0.15, 0.2) is 0 Å². The molecule has 44 heavy (non-hydrogen) atoms. The predicted octanol–water partition coefficient (Wildman–Crippen LogP) is -3.39. The van der Waals surface area contributed by atoms with Gasteiger partial charge in [-0.15, -0.1) is 0 Å². The third kappa shape index (κ3) is 17.5. The van der Waals surface area contributed by atoms with Gasteiger partial charge in [-0.25, -0.2) is 19.2 Å². The number of unbranched alkanes of at least 4 members (excludes halogenated alkanes) is 2. The molecule has 0 fully saturated rings. The van der Waals surface area contributed by atoms with Crippen LogP contribution in [0.15, 0.2) is 0 Å². The lowest BCUT2D eigenvalue weighted by Crippen LogP contribution is -2.51. The van der Waals surface area contributed by atoms with Gasteiger partial charge in [0.1, 0.15) is 24.2 Å². The summed E-state index contributed by atoms with van der Waals surface area (Å²) in [6, 6.07) is -7.66. The maximum absolute atomic E-state index is 12.3. The van der Waals surface area contributed by atoms with Crippen LogP contribution in [-0.4, -0.2) is 116 Å². The van der Waals surface area contributed by atoms with Crippen LogP contribution in [0.5, 0.6) is 0 Å². The van der Waals surface area contributed by atoms with Gasteiger partial charge in [0.05, 0.1) is 25.7 Å². The van der Waals surface area contributed by atoms with Crippen molar-refractivity contribution in [1.82, 2.24) is 26.6 Å². The highest BCUT2D eigenvalue weighted by atomic mass is 16.4. The fourth-order valence-electron chi connectivity index (χ4n) is 3.41. The molecule has 0 saturated heterocycles. The minimum absolute atomic E-state index is 0.0946. The van der Waals surface area contributed by atoms with E-state index in [1.165, 1.54) is 6.92 Å². The summed E-state index contributed by atoms with van der Waals surface area (Å²) in [6.45, 7) is 1.74. The lowest BCUT2D eigenvalue weighted by Gasteiger charge is -2.19. The molecule has 0 aliphatic heterocycles. The summed E-state index contributed by atoms with van der Waals surface area (Å²) in [5.74, 6) is -13.1. The molecule has 246 valence electrons. The second-order valence-electron chi connectivity index (χ2n) is 9.34. The SMILES string of the molecule is CC(=O)NCCCCCC(=O)NC(CC(=O)NC(CC(=O)NC(CC(=O)NC(CC(=O)O)C(=O)O)C(=O)O)C(=O)O)C(=O)O. The van der Waals surface area contributed by atoms with E-state index in [0.717, 1.165) is 0 Å². The minimum atomic E-state index is -2.01. The molecular formula is C24H35N5O15. The molecule has 0 aliphatic rings. The minimum Gasteiger partial charge on any atom is -0.481 e. The first kappa shape index (κ1) is 38.7. The maximum atomic E-state index is 12.3. The number of carbonyl (C=O) groups excluding carboxylic acids is 5. The molecule has 20 nitrogen and oxygen atoms in total. The van der Waals surface area contributed by atoms with Gasteiger partial charge in [0.2, 0.25) is 29.5 Å². The summed E-state index contributed by atoms with van der Waals surface area (Å²) in [7, 11) is 0. The number of amides is 5. The van der Waals surface area contributed by atoms with E-state index in [0.29, 0.717) is 25.8 Å². The van der Waals surface area contributed by atoms with Gasteiger partial charge in [0, 0.05) is 19.9 Å². The summed E-state index contributed by atoms with van der Waals surface area (Å²) in [4.78, 5) is 116. The van der Waals surface area contributed by atoms with E-state index in [9.17, 15) is 63.3 Å². The van der Waals surface area contributed by atoms with Crippen LogP contribution >= 0.6 is 0 Å². The number of nitrogens with one attached hydrogen (secondary N) is 5. The third-order valence-corrected chi connectivity index (χ3v) is 5.54. The van der Waals surface area contributed by atoms with Gasteiger partial charge >= 0.3 is 29.8 Å². The van der Waals surface area contributed by atoms with Crippen LogP contribution in [0.25, 0.3) is 0 Å². The fourth-order valence-corrected chi connectivity index (χ4v) is 3.41. The Morgan fingerprint density at radius 1 is 0.477 bits per heavy atom. The van der Waals surface area contributed by atoms with E-state index in [1.807, 2.05) is 10.6 Å². The van der Waals surface area contributed by atoms with Crippen LogP contribution in [0.4, 0.5) is 0 Å². The molecule has 4 unspecified atom stereocenters. The average molecular weight is 634 g/mol. The zero-order valence-electron chi connectivity index (χ0n) is 23.5. The van der Waals surface area contributed by atoms with Crippen LogP contribution in [0.3, 0.4) is 0 Å². The quantitative estimate of drug-likeness (QED) is 0.0519. The van der Waals surface area contributed by atoms with Gasteiger partial charge in [-0.3, -0.25) is 28.8 Å². The molecule has 0 rings (SSSR count). The van der Waals surface area contributed by atoms with E-state index in [1.54, 1.807) is 5.32 Å². The number of carboxylic acids is 5. The number of carboxylic acid groups (broad SMARTS) is 5. The molecule has 20 heteroatoms. The lowest BCUT2D eigenvalue weighted by atomic mass is 10.1. The summed E-state index contributed by atoms with van der Waals surface area (Å²) in [5.41, 5.74) is 0. The molecule has 0 spiro atoms. The molecule has 0 aromatic carbocycles. The van der Waals surface area contributed by atoms with Crippen molar-refractivity contribution in [1.29, 1.82) is 0 Å². The van der Waals surface area contributed by atoms with Gasteiger partial charge < -0.3 is 52.1 Å². The highest BCUT2D eigenvalue weighted by molar-refractivity contribution is 5.94. The second-order valence-corrected chi connectivity index (χ2v) is 9.34. The van der Waals surface area contributed by atoms with E-state index in [2.05, 4.69) is 10.6 Å². The smallest absolute Gasteiger partial charge is 0.326 e. The summed E-state index contributed by atoms with van der Waals surface area (Å²) in [5, 5.41) is 55.8. The summed E-state index contributed by atoms with van der Waals surface area (Å²) < 4.78 is 0. The first-order valence-electron chi connectivity index (χ1n) is 13.0. The van der Waals surface area contributed by atoms with Crippen LogP contribution in [0.2, 0.25) is 0 Å². The van der Waals surface area contributed by atoms with Gasteiger partial charge in [-0.05, 0) is 12.8 Å². The molecule has 0 aliphatic carbocycles. The third-order valence-electron chi connectivity index (χ3n) is 5.54. The Morgan fingerprint density at radius 2 is 0.818 bits per heavy atom. The highest BCUT2D eigenvalue weighted by Gasteiger charge is 2.31. The van der Waals surface area contributed by atoms with Crippen molar-refractivity contribution in [3.63, 3.8) is 0 Å². The summed E-state index contributed by atoms with van der Waals surface area (Å²) >= 11 is 0. The summed E-state index contributed by atoms with van der Waals surface area (Å²) in [6.07, 6.45) is -2.73. The molecular weight excluding hydrogens is 598 g/mol. The van der Waals surface area contributed by atoms with E-state index >= 15 is 0 Å². The van der Waals surface area contributed by atoms with Crippen LogP contribution in [0, 0.1) is 0 Å². The number of hydrogen-bond acceptors (Lipinski definition) is 10. The Morgan fingerprint density at radius 3 is 1.14 bits per heavy atom. The zero-order chi connectivity index (χ0) is 34.0. The number of hydrogen-bond donors (Lipinski definition) is 10. The first-order chi connectivity index (χ1) is 20.4. The molecule has 4 atom stereocenters. The maximum Gasteiger partial charge on any atom is 0.326 e. The molecule has 0 saturated carbocycles. The Balaban J connectivity index is 5.06. The van der Waals surface area contributed by atoms with Crippen LogP contribution < -0.4 is 26.6 Å². The Labute approximate surface area is 248 Å². The normalized spacial score (nSPS) is 13.1. The van der Waals surface area contributed by atoms with Crippen molar-refractivity contribution in [3.8, 4) is 0 Å². The first-order valence-corrected chi connectivity index (χ1v) is 13.0. The van der Waals surface area contributed by atoms with Gasteiger partial charge in [-0.2, -0.15) is 0 Å². The molecule has 0 bridgehead atoms. The largest absolute Gasteiger partial charge is 0.481 e. The van der Waals surface area contributed by atoms with Crippen LogP contribution in [0.1, 0.15) is 58.3 Å². The Bertz CT molecular complexity index is 1130.